The number of carbonyl (C=O) groups is 1. The molecule has 0 radical (unpaired) electrons. The number of nitrogens with one attached hydrogen (secondary N) is 1. The van der Waals surface area contributed by atoms with Gasteiger partial charge in [0.1, 0.15) is 0 Å². The zero-order valence-corrected chi connectivity index (χ0v) is 9.97. The fourth-order valence-electron chi connectivity index (χ4n) is 1.26. The van der Waals surface area contributed by atoms with Crippen molar-refractivity contribution in [3.05, 3.63) is 34.3 Å². The highest BCUT2D eigenvalue weighted by atomic mass is 79.9. The maximum Gasteiger partial charge on any atom is 0.179 e. The topological polar surface area (TPSA) is 29.1 Å². The summed E-state index contributed by atoms with van der Waals surface area (Å²) in [5.74, 6) is 0.138. The quantitative estimate of drug-likeness (QED) is 0.839. The van der Waals surface area contributed by atoms with Crippen LogP contribution in [-0.2, 0) is 0 Å². The van der Waals surface area contributed by atoms with Crippen LogP contribution in [-0.4, -0.2) is 18.4 Å². The smallest absolute Gasteiger partial charge is 0.179 e. The Hall–Kier alpha value is -0.670. The van der Waals surface area contributed by atoms with Crippen LogP contribution in [0.3, 0.4) is 0 Å². The van der Waals surface area contributed by atoms with Crippen LogP contribution < -0.4 is 5.32 Å². The second-order valence-corrected chi connectivity index (χ2v) is 4.07. The molecule has 0 aromatic heterocycles. The number of hydrogen-bond acceptors (Lipinski definition) is 2. The van der Waals surface area contributed by atoms with E-state index in [1.165, 1.54) is 0 Å². The van der Waals surface area contributed by atoms with Gasteiger partial charge in [-0.3, -0.25) is 4.79 Å². The lowest BCUT2D eigenvalue weighted by molar-refractivity contribution is 0.0952. The SMILES string of the molecule is CCN[C@H](C)C(=O)c1ccc(Br)cc1. The van der Waals surface area contributed by atoms with Gasteiger partial charge in [0.15, 0.2) is 5.78 Å². The van der Waals surface area contributed by atoms with Crippen LogP contribution in [0.25, 0.3) is 0 Å². The van der Waals surface area contributed by atoms with Crippen LogP contribution in [0, 0.1) is 0 Å². The Bertz CT molecular complexity index is 308. The summed E-state index contributed by atoms with van der Waals surface area (Å²) in [6.07, 6.45) is 0. The molecule has 0 heterocycles. The maximum atomic E-state index is 11.8. The Morgan fingerprint density at radius 2 is 2.00 bits per heavy atom. The molecule has 1 aromatic rings. The van der Waals surface area contributed by atoms with Gasteiger partial charge in [0.25, 0.3) is 0 Å². The van der Waals surface area contributed by atoms with Gasteiger partial charge in [-0.05, 0) is 25.6 Å². The lowest BCUT2D eigenvalue weighted by Crippen LogP contribution is -2.33. The molecule has 1 rings (SSSR count). The van der Waals surface area contributed by atoms with E-state index in [1.807, 2.05) is 38.1 Å². The van der Waals surface area contributed by atoms with Crippen LogP contribution in [0.5, 0.6) is 0 Å². The van der Waals surface area contributed by atoms with Crippen LogP contribution in [0.2, 0.25) is 0 Å². The third-order valence-electron chi connectivity index (χ3n) is 2.03. The third-order valence-corrected chi connectivity index (χ3v) is 2.56. The van der Waals surface area contributed by atoms with Crippen molar-refractivity contribution in [3.8, 4) is 0 Å². The Labute approximate surface area is 92.8 Å². The lowest BCUT2D eigenvalue weighted by atomic mass is 10.1. The second kappa shape index (κ2) is 5.27. The molecular formula is C11H14BrNO. The Morgan fingerprint density at radius 3 is 2.50 bits per heavy atom. The van der Waals surface area contributed by atoms with Crippen molar-refractivity contribution in [2.75, 3.05) is 6.54 Å². The van der Waals surface area contributed by atoms with Crippen molar-refractivity contribution in [1.82, 2.24) is 5.32 Å². The van der Waals surface area contributed by atoms with E-state index in [2.05, 4.69) is 21.2 Å². The van der Waals surface area contributed by atoms with Crippen molar-refractivity contribution in [3.63, 3.8) is 0 Å². The van der Waals surface area contributed by atoms with E-state index >= 15 is 0 Å². The van der Waals surface area contributed by atoms with E-state index < -0.39 is 0 Å². The number of rotatable bonds is 4. The zero-order chi connectivity index (χ0) is 10.6. The average molecular weight is 256 g/mol. The van der Waals surface area contributed by atoms with Gasteiger partial charge in [-0.1, -0.05) is 35.0 Å². The summed E-state index contributed by atoms with van der Waals surface area (Å²) in [4.78, 5) is 11.8. The van der Waals surface area contributed by atoms with Gasteiger partial charge in [-0.25, -0.2) is 0 Å². The first-order chi connectivity index (χ1) is 6.65. The van der Waals surface area contributed by atoms with Gasteiger partial charge < -0.3 is 5.32 Å². The summed E-state index contributed by atoms with van der Waals surface area (Å²) in [7, 11) is 0. The highest BCUT2D eigenvalue weighted by Crippen LogP contribution is 2.11. The minimum atomic E-state index is -0.110. The normalized spacial score (nSPS) is 12.5. The largest absolute Gasteiger partial charge is 0.308 e. The standard InChI is InChI=1S/C11H14BrNO/c1-3-13-8(2)11(14)9-4-6-10(12)7-5-9/h4-8,13H,3H2,1-2H3/t8-/m1/s1. The molecule has 0 saturated heterocycles. The monoisotopic (exact) mass is 255 g/mol. The van der Waals surface area contributed by atoms with Gasteiger partial charge in [0, 0.05) is 10.0 Å². The van der Waals surface area contributed by atoms with E-state index in [1.54, 1.807) is 0 Å². The summed E-state index contributed by atoms with van der Waals surface area (Å²) in [5, 5.41) is 3.10. The first kappa shape index (κ1) is 11.4. The highest BCUT2D eigenvalue weighted by Gasteiger charge is 2.12. The van der Waals surface area contributed by atoms with Gasteiger partial charge >= 0.3 is 0 Å². The number of likely N-dealkylation sites (N-methyl/N-ethyl adjacent to an activating group) is 1. The minimum Gasteiger partial charge on any atom is -0.308 e. The maximum absolute atomic E-state index is 11.8. The Morgan fingerprint density at radius 1 is 1.43 bits per heavy atom. The number of halogens is 1. The predicted molar refractivity (Wildman–Crippen MR) is 61.6 cm³/mol. The Kier molecular flexibility index (Phi) is 4.29. The highest BCUT2D eigenvalue weighted by molar-refractivity contribution is 9.10. The number of benzene rings is 1. The molecule has 14 heavy (non-hydrogen) atoms. The van der Waals surface area contributed by atoms with E-state index in [4.69, 9.17) is 0 Å². The van der Waals surface area contributed by atoms with Gasteiger partial charge in [0.2, 0.25) is 0 Å². The van der Waals surface area contributed by atoms with E-state index in [0.29, 0.717) is 0 Å². The molecule has 76 valence electrons. The van der Waals surface area contributed by atoms with Gasteiger partial charge in [0.05, 0.1) is 6.04 Å². The molecule has 0 aliphatic heterocycles. The number of hydrogen-bond donors (Lipinski definition) is 1. The summed E-state index contributed by atoms with van der Waals surface area (Å²) < 4.78 is 0.991. The molecule has 2 nitrogen and oxygen atoms in total. The average Bonchev–Trinajstić information content (AvgIpc) is 2.18. The van der Waals surface area contributed by atoms with E-state index in [0.717, 1.165) is 16.6 Å². The minimum absolute atomic E-state index is 0.110. The molecule has 1 N–H and O–H groups in total. The van der Waals surface area contributed by atoms with E-state index in [9.17, 15) is 4.79 Å². The summed E-state index contributed by atoms with van der Waals surface area (Å²) in [6.45, 7) is 4.68. The van der Waals surface area contributed by atoms with Crippen molar-refractivity contribution in [2.24, 2.45) is 0 Å². The third kappa shape index (κ3) is 2.93. The molecule has 0 saturated carbocycles. The van der Waals surface area contributed by atoms with Crippen LogP contribution in [0.15, 0.2) is 28.7 Å². The van der Waals surface area contributed by atoms with Crippen LogP contribution >= 0.6 is 15.9 Å². The fourth-order valence-corrected chi connectivity index (χ4v) is 1.53. The summed E-state index contributed by atoms with van der Waals surface area (Å²) in [5.41, 5.74) is 0.752. The first-order valence-corrected chi connectivity index (χ1v) is 5.47. The molecule has 0 aliphatic rings. The van der Waals surface area contributed by atoms with Gasteiger partial charge in [-0.2, -0.15) is 0 Å². The molecule has 0 unspecified atom stereocenters. The summed E-state index contributed by atoms with van der Waals surface area (Å²) in [6, 6.07) is 7.32. The number of Topliss-reactive ketones (excluding diaryl/α,β-unsaturated/α-hetero) is 1. The molecule has 1 aromatic carbocycles. The molecule has 0 spiro atoms. The Balaban J connectivity index is 2.74. The van der Waals surface area contributed by atoms with E-state index in [-0.39, 0.29) is 11.8 Å². The van der Waals surface area contributed by atoms with Gasteiger partial charge in [-0.15, -0.1) is 0 Å². The van der Waals surface area contributed by atoms with Crippen LogP contribution in [0.4, 0.5) is 0 Å². The predicted octanol–water partition coefficient (Wildman–Crippen LogP) is 2.63. The molecular weight excluding hydrogens is 242 g/mol. The van der Waals surface area contributed by atoms with Crippen molar-refractivity contribution >= 4 is 21.7 Å². The summed E-state index contributed by atoms with van der Waals surface area (Å²) >= 11 is 3.34. The number of ketones is 1. The van der Waals surface area contributed by atoms with Crippen LogP contribution in [0.1, 0.15) is 24.2 Å². The molecule has 1 atom stereocenters. The number of carbonyl (C=O) groups excluding carboxylic acids is 1. The molecule has 0 bridgehead atoms. The molecule has 3 heteroatoms. The van der Waals surface area contributed by atoms with Crippen molar-refractivity contribution in [2.45, 2.75) is 19.9 Å². The lowest BCUT2D eigenvalue weighted by Gasteiger charge is -2.10. The zero-order valence-electron chi connectivity index (χ0n) is 8.38. The van der Waals surface area contributed by atoms with Crippen molar-refractivity contribution < 1.29 is 4.79 Å². The first-order valence-electron chi connectivity index (χ1n) is 4.68. The van der Waals surface area contributed by atoms with Crippen molar-refractivity contribution in [1.29, 1.82) is 0 Å². The molecule has 0 fully saturated rings. The molecule has 0 aliphatic carbocycles. The second-order valence-electron chi connectivity index (χ2n) is 3.15. The fraction of sp³-hybridized carbons (Fsp3) is 0.364. The molecule has 0 amide bonds.